The van der Waals surface area contributed by atoms with Crippen molar-refractivity contribution < 1.29 is 33.1 Å². The molecule has 0 heterocycles. The second-order valence-corrected chi connectivity index (χ2v) is 5.11. The minimum Gasteiger partial charge on any atom is -0.497 e. The molecule has 0 aromatic heterocycles. The molecule has 0 saturated heterocycles. The van der Waals surface area contributed by atoms with Gasteiger partial charge in [-0.15, -0.1) is 0 Å². The van der Waals surface area contributed by atoms with E-state index in [2.05, 4.69) is 5.32 Å². The number of nitro benzene ring substituents is 1. The Morgan fingerprint density at radius 2 is 1.74 bits per heavy atom. The van der Waals surface area contributed by atoms with Crippen LogP contribution in [0.15, 0.2) is 36.4 Å². The molecule has 0 radical (unpaired) electrons. The number of nitrogens with one attached hydrogen (secondary N) is 1. The monoisotopic (exact) mass is 378 g/mol. The zero-order valence-electron chi connectivity index (χ0n) is 14.4. The lowest BCUT2D eigenvalue weighted by Gasteiger charge is -2.09. The number of rotatable bonds is 7. The standard InChI is InChI=1S/C17H15FN2O7/c1-25-10-3-5-12(13(18)7-10)17(22)27-9-16(21)19-14-6-4-11(26-2)8-15(14)20(23)24/h3-8H,9H2,1-2H3,(H,19,21). The van der Waals surface area contributed by atoms with Crippen LogP contribution >= 0.6 is 0 Å². The average Bonchev–Trinajstić information content (AvgIpc) is 2.66. The second-order valence-electron chi connectivity index (χ2n) is 5.11. The summed E-state index contributed by atoms with van der Waals surface area (Å²) in [4.78, 5) is 34.2. The van der Waals surface area contributed by atoms with Gasteiger partial charge in [0.15, 0.2) is 6.61 Å². The van der Waals surface area contributed by atoms with Crippen LogP contribution in [0.25, 0.3) is 0 Å². The van der Waals surface area contributed by atoms with Crippen molar-refractivity contribution in [3.05, 3.63) is 57.9 Å². The number of methoxy groups -OCH3 is 2. The van der Waals surface area contributed by atoms with Gasteiger partial charge in [-0.2, -0.15) is 0 Å². The Balaban J connectivity index is 2.02. The molecule has 2 aromatic rings. The summed E-state index contributed by atoms with van der Waals surface area (Å²) in [6.45, 7) is -0.756. The Hall–Kier alpha value is -3.69. The van der Waals surface area contributed by atoms with Crippen molar-refractivity contribution in [2.75, 3.05) is 26.1 Å². The highest BCUT2D eigenvalue weighted by molar-refractivity contribution is 5.97. The minimum absolute atomic E-state index is 0.0996. The lowest BCUT2D eigenvalue weighted by Crippen LogP contribution is -2.21. The normalized spacial score (nSPS) is 10.0. The predicted octanol–water partition coefficient (Wildman–Crippen LogP) is 2.55. The molecule has 2 rings (SSSR count). The molecule has 0 unspecified atom stereocenters. The third-order valence-electron chi connectivity index (χ3n) is 3.41. The van der Waals surface area contributed by atoms with E-state index in [4.69, 9.17) is 14.2 Å². The highest BCUT2D eigenvalue weighted by Crippen LogP contribution is 2.28. The van der Waals surface area contributed by atoms with Crippen molar-refractivity contribution in [3.8, 4) is 11.5 Å². The molecule has 0 saturated carbocycles. The van der Waals surface area contributed by atoms with Gasteiger partial charge in [-0.3, -0.25) is 14.9 Å². The Morgan fingerprint density at radius 1 is 1.11 bits per heavy atom. The van der Waals surface area contributed by atoms with E-state index in [0.29, 0.717) is 0 Å². The van der Waals surface area contributed by atoms with Gasteiger partial charge in [0, 0.05) is 6.07 Å². The third-order valence-corrected chi connectivity index (χ3v) is 3.41. The van der Waals surface area contributed by atoms with Crippen LogP contribution < -0.4 is 14.8 Å². The molecule has 0 aliphatic rings. The number of hydrogen-bond donors (Lipinski definition) is 1. The van der Waals surface area contributed by atoms with Crippen molar-refractivity contribution in [2.24, 2.45) is 0 Å². The van der Waals surface area contributed by atoms with Crippen molar-refractivity contribution in [2.45, 2.75) is 0 Å². The van der Waals surface area contributed by atoms with Crippen molar-refractivity contribution in [1.82, 2.24) is 0 Å². The molecule has 9 nitrogen and oxygen atoms in total. The van der Waals surface area contributed by atoms with E-state index in [1.807, 2.05) is 0 Å². The molecule has 27 heavy (non-hydrogen) atoms. The van der Waals surface area contributed by atoms with Gasteiger partial charge in [-0.1, -0.05) is 0 Å². The van der Waals surface area contributed by atoms with E-state index < -0.39 is 34.9 Å². The number of hydrogen-bond acceptors (Lipinski definition) is 7. The maximum atomic E-state index is 13.8. The molecule has 1 amide bonds. The molecule has 0 spiro atoms. The molecule has 2 aromatic carbocycles. The van der Waals surface area contributed by atoms with E-state index in [1.54, 1.807) is 0 Å². The predicted molar refractivity (Wildman–Crippen MR) is 91.5 cm³/mol. The second kappa shape index (κ2) is 8.61. The van der Waals surface area contributed by atoms with Crippen molar-refractivity contribution in [3.63, 3.8) is 0 Å². The van der Waals surface area contributed by atoms with Crippen LogP contribution in [0.5, 0.6) is 11.5 Å². The zero-order valence-corrected chi connectivity index (χ0v) is 14.4. The molecule has 142 valence electrons. The quantitative estimate of drug-likeness (QED) is 0.447. The lowest BCUT2D eigenvalue weighted by atomic mass is 10.2. The zero-order chi connectivity index (χ0) is 20.0. The highest BCUT2D eigenvalue weighted by atomic mass is 19.1. The fourth-order valence-electron chi connectivity index (χ4n) is 2.08. The number of halogens is 1. The number of carbonyl (C=O) groups is 2. The molecule has 0 fully saturated rings. The number of ether oxygens (including phenoxy) is 3. The lowest BCUT2D eigenvalue weighted by molar-refractivity contribution is -0.384. The van der Waals surface area contributed by atoms with E-state index in [9.17, 15) is 24.1 Å². The Labute approximate surface area is 152 Å². The van der Waals surface area contributed by atoms with Gasteiger partial charge in [0.1, 0.15) is 23.0 Å². The highest BCUT2D eigenvalue weighted by Gasteiger charge is 2.19. The summed E-state index contributed by atoms with van der Waals surface area (Å²) in [6.07, 6.45) is 0. The number of benzene rings is 2. The van der Waals surface area contributed by atoms with E-state index >= 15 is 0 Å². The van der Waals surface area contributed by atoms with Crippen LogP contribution in [-0.2, 0) is 9.53 Å². The number of nitro groups is 1. The van der Waals surface area contributed by atoms with E-state index in [-0.39, 0.29) is 22.7 Å². The summed E-state index contributed by atoms with van der Waals surface area (Å²) in [5.74, 6) is -2.31. The maximum Gasteiger partial charge on any atom is 0.341 e. The molecule has 0 aliphatic carbocycles. The number of amides is 1. The van der Waals surface area contributed by atoms with Crippen LogP contribution in [0.3, 0.4) is 0 Å². The molecular weight excluding hydrogens is 363 g/mol. The van der Waals surface area contributed by atoms with Crippen molar-refractivity contribution in [1.29, 1.82) is 0 Å². The van der Waals surface area contributed by atoms with Gasteiger partial charge in [0.05, 0.1) is 30.8 Å². The fraction of sp³-hybridized carbons (Fsp3) is 0.176. The third kappa shape index (κ3) is 4.91. The SMILES string of the molecule is COc1ccc(C(=O)OCC(=O)Nc2ccc(OC)cc2[N+](=O)[O-])c(F)c1. The molecule has 0 aliphatic heterocycles. The number of anilines is 1. The smallest absolute Gasteiger partial charge is 0.341 e. The minimum atomic E-state index is -1.06. The molecular formula is C17H15FN2O7. The maximum absolute atomic E-state index is 13.8. The molecule has 10 heteroatoms. The number of esters is 1. The summed E-state index contributed by atoms with van der Waals surface area (Å²) in [7, 11) is 2.69. The van der Waals surface area contributed by atoms with E-state index in [0.717, 1.165) is 18.2 Å². The summed E-state index contributed by atoms with van der Waals surface area (Å²) in [5, 5.41) is 13.3. The first-order chi connectivity index (χ1) is 12.8. The first-order valence-corrected chi connectivity index (χ1v) is 7.48. The first kappa shape index (κ1) is 19.6. The van der Waals surface area contributed by atoms with Crippen LogP contribution in [-0.4, -0.2) is 37.6 Å². The summed E-state index contributed by atoms with van der Waals surface area (Å²) in [6, 6.07) is 7.34. The summed E-state index contributed by atoms with van der Waals surface area (Å²) >= 11 is 0. The fourth-order valence-corrected chi connectivity index (χ4v) is 2.08. The van der Waals surface area contributed by atoms with Crippen LogP contribution in [0, 0.1) is 15.9 Å². The van der Waals surface area contributed by atoms with Gasteiger partial charge in [0.2, 0.25) is 0 Å². The Morgan fingerprint density at radius 3 is 2.33 bits per heavy atom. The molecule has 0 bridgehead atoms. The number of carbonyl (C=O) groups excluding carboxylic acids is 2. The topological polar surface area (TPSA) is 117 Å². The van der Waals surface area contributed by atoms with Crippen molar-refractivity contribution >= 4 is 23.3 Å². The summed E-state index contributed by atoms with van der Waals surface area (Å²) in [5.41, 5.74) is -0.869. The Kier molecular flexibility index (Phi) is 6.26. The summed E-state index contributed by atoms with van der Waals surface area (Å²) < 4.78 is 28.2. The van der Waals surface area contributed by atoms with Gasteiger partial charge >= 0.3 is 5.97 Å². The van der Waals surface area contributed by atoms with Gasteiger partial charge in [-0.05, 0) is 24.3 Å². The Bertz CT molecular complexity index is 886. The van der Waals surface area contributed by atoms with Gasteiger partial charge < -0.3 is 19.5 Å². The molecule has 0 atom stereocenters. The largest absolute Gasteiger partial charge is 0.497 e. The van der Waals surface area contributed by atoms with Crippen LogP contribution in [0.1, 0.15) is 10.4 Å². The first-order valence-electron chi connectivity index (χ1n) is 7.48. The van der Waals surface area contributed by atoms with Gasteiger partial charge in [0.25, 0.3) is 11.6 Å². The van der Waals surface area contributed by atoms with E-state index in [1.165, 1.54) is 32.4 Å². The van der Waals surface area contributed by atoms with Crippen LogP contribution in [0.2, 0.25) is 0 Å². The molecule has 1 N–H and O–H groups in total. The van der Waals surface area contributed by atoms with Gasteiger partial charge in [-0.25, -0.2) is 9.18 Å². The van der Waals surface area contributed by atoms with Crippen LogP contribution in [0.4, 0.5) is 15.8 Å². The number of nitrogens with zero attached hydrogens (tertiary/aromatic N) is 1. The average molecular weight is 378 g/mol.